The predicted molar refractivity (Wildman–Crippen MR) is 96.6 cm³/mol. The molecule has 0 saturated heterocycles. The maximum Gasteiger partial charge on any atom is 0.212 e. The zero-order valence-electron chi connectivity index (χ0n) is 14.1. The van der Waals surface area contributed by atoms with Crippen molar-refractivity contribution in [2.75, 3.05) is 20.8 Å². The van der Waals surface area contributed by atoms with Crippen LogP contribution in [0, 0.1) is 0 Å². The number of nitrogens with zero attached hydrogens (tertiary/aromatic N) is 1. The minimum atomic E-state index is 0.612. The van der Waals surface area contributed by atoms with Gasteiger partial charge in [0.05, 0.1) is 19.9 Å². The molecule has 0 aliphatic carbocycles. The van der Waals surface area contributed by atoms with Crippen molar-refractivity contribution in [2.24, 2.45) is 5.73 Å². The van der Waals surface area contributed by atoms with Crippen LogP contribution >= 0.6 is 0 Å². The van der Waals surface area contributed by atoms with Crippen molar-refractivity contribution in [1.82, 2.24) is 9.97 Å². The van der Waals surface area contributed by atoms with Gasteiger partial charge in [0, 0.05) is 28.7 Å². The maximum absolute atomic E-state index is 5.66. The summed E-state index contributed by atoms with van der Waals surface area (Å²) in [6.07, 6.45) is 4.87. The highest BCUT2D eigenvalue weighted by Gasteiger charge is 2.14. The zero-order chi connectivity index (χ0) is 16.9. The number of ether oxygens (including phenoxy) is 2. The van der Waals surface area contributed by atoms with Crippen molar-refractivity contribution >= 4 is 10.9 Å². The number of hydrogen-bond acceptors (Lipinski definition) is 4. The number of rotatable bonds is 7. The Morgan fingerprint density at radius 1 is 1.08 bits per heavy atom. The first-order chi connectivity index (χ1) is 11.8. The molecule has 0 aliphatic heterocycles. The Bertz CT molecular complexity index is 809. The molecule has 5 heteroatoms. The zero-order valence-corrected chi connectivity index (χ0v) is 14.1. The number of nitrogens with two attached hydrogens (primary N) is 1. The number of fused-ring (bicyclic) bond motifs is 1. The van der Waals surface area contributed by atoms with E-state index in [0.717, 1.165) is 41.8 Å². The summed E-state index contributed by atoms with van der Waals surface area (Å²) in [6.45, 7) is 0.713. The molecule has 0 unspecified atom stereocenters. The normalized spacial score (nSPS) is 11.0. The lowest BCUT2D eigenvalue weighted by Crippen LogP contribution is -1.99. The van der Waals surface area contributed by atoms with Crippen LogP contribution in [0.15, 0.2) is 36.5 Å². The molecule has 0 amide bonds. The van der Waals surface area contributed by atoms with Crippen molar-refractivity contribution in [1.29, 1.82) is 0 Å². The Kier molecular flexibility index (Phi) is 5.01. The van der Waals surface area contributed by atoms with E-state index in [2.05, 4.69) is 22.1 Å². The third-order valence-electron chi connectivity index (χ3n) is 4.23. The van der Waals surface area contributed by atoms with Crippen LogP contribution in [0.4, 0.5) is 0 Å². The summed E-state index contributed by atoms with van der Waals surface area (Å²) in [5, 5.41) is 1.19. The van der Waals surface area contributed by atoms with Crippen LogP contribution in [-0.2, 0) is 6.42 Å². The van der Waals surface area contributed by atoms with Gasteiger partial charge in [-0.25, -0.2) is 4.98 Å². The average molecular weight is 325 g/mol. The number of unbranched alkanes of at least 4 members (excludes halogenated alkanes) is 1. The largest absolute Gasteiger partial charge is 0.497 e. The molecule has 24 heavy (non-hydrogen) atoms. The Hall–Kier alpha value is -2.53. The van der Waals surface area contributed by atoms with Crippen LogP contribution in [0.5, 0.6) is 11.6 Å². The van der Waals surface area contributed by atoms with Gasteiger partial charge in [-0.2, -0.15) is 0 Å². The molecule has 0 aliphatic rings. The first-order valence-corrected chi connectivity index (χ1v) is 8.16. The Morgan fingerprint density at radius 2 is 1.96 bits per heavy atom. The molecule has 0 atom stereocenters. The maximum atomic E-state index is 5.66. The fraction of sp³-hybridized carbons (Fsp3) is 0.316. The minimum absolute atomic E-state index is 0.612. The molecule has 3 rings (SSSR count). The summed E-state index contributed by atoms with van der Waals surface area (Å²) < 4.78 is 10.5. The summed E-state index contributed by atoms with van der Waals surface area (Å²) in [5.41, 5.74) is 10.2. The molecule has 2 heterocycles. The van der Waals surface area contributed by atoms with Crippen LogP contribution in [0.25, 0.3) is 22.2 Å². The number of methoxy groups -OCH3 is 2. The molecule has 3 aromatic rings. The van der Waals surface area contributed by atoms with Gasteiger partial charge in [-0.1, -0.05) is 0 Å². The summed E-state index contributed by atoms with van der Waals surface area (Å²) in [7, 11) is 3.31. The first-order valence-electron chi connectivity index (χ1n) is 8.16. The van der Waals surface area contributed by atoms with E-state index < -0.39 is 0 Å². The number of H-pyrrole nitrogens is 1. The van der Waals surface area contributed by atoms with Gasteiger partial charge in [0.25, 0.3) is 0 Å². The highest BCUT2D eigenvalue weighted by atomic mass is 16.5. The number of aromatic nitrogens is 2. The Labute approximate surface area is 141 Å². The molecule has 3 N–H and O–H groups in total. The van der Waals surface area contributed by atoms with E-state index >= 15 is 0 Å². The fourth-order valence-electron chi connectivity index (χ4n) is 2.95. The monoisotopic (exact) mass is 325 g/mol. The summed E-state index contributed by atoms with van der Waals surface area (Å²) in [5.74, 6) is 1.47. The lowest BCUT2D eigenvalue weighted by molar-refractivity contribution is 0.398. The van der Waals surface area contributed by atoms with E-state index in [0.29, 0.717) is 12.4 Å². The van der Waals surface area contributed by atoms with E-state index in [1.165, 1.54) is 10.9 Å². The molecule has 5 nitrogen and oxygen atoms in total. The molecule has 0 bridgehead atoms. The number of aromatic amines is 1. The van der Waals surface area contributed by atoms with E-state index in [4.69, 9.17) is 15.2 Å². The highest BCUT2D eigenvalue weighted by Crippen LogP contribution is 2.33. The van der Waals surface area contributed by atoms with Crippen LogP contribution in [-0.4, -0.2) is 30.7 Å². The summed E-state index contributed by atoms with van der Waals surface area (Å²) >= 11 is 0. The van der Waals surface area contributed by atoms with Crippen molar-refractivity contribution in [3.8, 4) is 22.9 Å². The van der Waals surface area contributed by atoms with Gasteiger partial charge in [-0.15, -0.1) is 0 Å². The van der Waals surface area contributed by atoms with Gasteiger partial charge >= 0.3 is 0 Å². The van der Waals surface area contributed by atoms with Crippen molar-refractivity contribution in [3.05, 3.63) is 42.1 Å². The second kappa shape index (κ2) is 7.36. The van der Waals surface area contributed by atoms with Crippen LogP contribution in [0.3, 0.4) is 0 Å². The van der Waals surface area contributed by atoms with E-state index in [-0.39, 0.29) is 0 Å². The molecular weight excluding hydrogens is 302 g/mol. The predicted octanol–water partition coefficient (Wildman–Crippen LogP) is 3.53. The molecule has 0 fully saturated rings. The number of nitrogens with one attached hydrogen (secondary N) is 1. The first kappa shape index (κ1) is 16.3. The second-order valence-electron chi connectivity index (χ2n) is 5.73. The number of benzene rings is 1. The fourth-order valence-corrected chi connectivity index (χ4v) is 2.95. The van der Waals surface area contributed by atoms with Gasteiger partial charge in [-0.05, 0) is 55.6 Å². The SMILES string of the molecule is COc1ccc2[nH]c(-c3ccc(OC)nc3)c(CCCCN)c2c1. The molecule has 2 aromatic heterocycles. The van der Waals surface area contributed by atoms with E-state index in [1.54, 1.807) is 14.2 Å². The summed E-state index contributed by atoms with van der Waals surface area (Å²) in [6, 6.07) is 10.0. The highest BCUT2D eigenvalue weighted by molar-refractivity contribution is 5.91. The molecule has 126 valence electrons. The van der Waals surface area contributed by atoms with E-state index in [9.17, 15) is 0 Å². The number of hydrogen-bond donors (Lipinski definition) is 2. The Morgan fingerprint density at radius 3 is 2.62 bits per heavy atom. The van der Waals surface area contributed by atoms with Crippen LogP contribution in [0.1, 0.15) is 18.4 Å². The summed E-state index contributed by atoms with van der Waals surface area (Å²) in [4.78, 5) is 7.86. The van der Waals surface area contributed by atoms with Crippen molar-refractivity contribution in [3.63, 3.8) is 0 Å². The quantitative estimate of drug-likeness (QED) is 0.652. The smallest absolute Gasteiger partial charge is 0.212 e. The third-order valence-corrected chi connectivity index (χ3v) is 4.23. The third kappa shape index (κ3) is 3.21. The second-order valence-corrected chi connectivity index (χ2v) is 5.73. The molecule has 0 spiro atoms. The van der Waals surface area contributed by atoms with Crippen LogP contribution in [0.2, 0.25) is 0 Å². The Balaban J connectivity index is 2.08. The van der Waals surface area contributed by atoms with Gasteiger partial charge in [0.15, 0.2) is 0 Å². The molecule has 1 aromatic carbocycles. The lowest BCUT2D eigenvalue weighted by Gasteiger charge is -2.06. The number of pyridine rings is 1. The molecule has 0 saturated carbocycles. The average Bonchev–Trinajstić information content (AvgIpc) is 3.00. The lowest BCUT2D eigenvalue weighted by atomic mass is 10.0. The topological polar surface area (TPSA) is 73.2 Å². The van der Waals surface area contributed by atoms with Gasteiger partial charge < -0.3 is 20.2 Å². The molecular formula is C19H23N3O2. The van der Waals surface area contributed by atoms with Crippen molar-refractivity contribution < 1.29 is 9.47 Å². The van der Waals surface area contributed by atoms with Crippen LogP contribution < -0.4 is 15.2 Å². The van der Waals surface area contributed by atoms with Gasteiger partial charge in [0.2, 0.25) is 5.88 Å². The van der Waals surface area contributed by atoms with Gasteiger partial charge in [0.1, 0.15) is 5.75 Å². The standard InChI is InChI=1S/C19H23N3O2/c1-23-14-7-8-17-16(11-14)15(5-3-4-10-20)19(22-17)13-6-9-18(24-2)21-12-13/h6-9,11-12,22H,3-5,10,20H2,1-2H3. The number of aryl methyl sites for hydroxylation is 1. The molecule has 0 radical (unpaired) electrons. The van der Waals surface area contributed by atoms with Crippen molar-refractivity contribution in [2.45, 2.75) is 19.3 Å². The van der Waals surface area contributed by atoms with Gasteiger partial charge in [-0.3, -0.25) is 0 Å². The minimum Gasteiger partial charge on any atom is -0.497 e. The van der Waals surface area contributed by atoms with E-state index in [1.807, 2.05) is 24.4 Å².